The molecule has 1 N–H and O–H groups in total. The molecule has 0 amide bonds. The normalized spacial score (nSPS) is 12.6. The first-order chi connectivity index (χ1) is 9.30. The van der Waals surface area contributed by atoms with Crippen molar-refractivity contribution in [2.24, 2.45) is 0 Å². The Hall–Kier alpha value is -1.26. The molecule has 0 aliphatic heterocycles. The molecule has 0 radical (unpaired) electrons. The number of hydrogen-bond donors (Lipinski definition) is 1. The zero-order chi connectivity index (χ0) is 13.7. The molecule has 1 heterocycles. The van der Waals surface area contributed by atoms with Crippen molar-refractivity contribution in [1.82, 2.24) is 15.5 Å². The molecule has 0 aliphatic carbocycles. The van der Waals surface area contributed by atoms with E-state index in [-0.39, 0.29) is 0 Å². The minimum absolute atomic E-state index is 0.324. The Bertz CT molecular complexity index is 522. The first-order valence-electron chi connectivity index (χ1n) is 6.95. The zero-order valence-electron chi connectivity index (χ0n) is 11.8. The number of aryl methyl sites for hydroxylation is 1. The summed E-state index contributed by atoms with van der Waals surface area (Å²) < 4.78 is 0. The van der Waals surface area contributed by atoms with Gasteiger partial charge in [0.05, 0.1) is 6.04 Å². The second kappa shape index (κ2) is 6.78. The lowest BCUT2D eigenvalue weighted by Gasteiger charge is -2.11. The van der Waals surface area contributed by atoms with Crippen LogP contribution < -0.4 is 5.32 Å². The highest BCUT2D eigenvalue weighted by Gasteiger charge is 2.15. The van der Waals surface area contributed by atoms with Crippen LogP contribution in [0.4, 0.5) is 0 Å². The molecule has 0 saturated carbocycles. The van der Waals surface area contributed by atoms with Crippen molar-refractivity contribution >= 4 is 11.3 Å². The Balaban J connectivity index is 2.30. The van der Waals surface area contributed by atoms with E-state index < -0.39 is 0 Å². The average Bonchev–Trinajstić information content (AvgIpc) is 2.94. The molecule has 0 aliphatic rings. The predicted molar refractivity (Wildman–Crippen MR) is 81.4 cm³/mol. The Morgan fingerprint density at radius 1 is 1.16 bits per heavy atom. The lowest BCUT2D eigenvalue weighted by Crippen LogP contribution is -2.19. The molecule has 0 fully saturated rings. The van der Waals surface area contributed by atoms with Crippen molar-refractivity contribution in [3.05, 3.63) is 34.8 Å². The van der Waals surface area contributed by atoms with Gasteiger partial charge in [0.15, 0.2) is 0 Å². The standard InChI is InChI=1S/C15H21N3S/c1-4-11-9-7-8-10-12(11)14-17-18-15(19-14)13(5-2)16-6-3/h7-10,13,16H,4-6H2,1-3H3. The van der Waals surface area contributed by atoms with E-state index in [9.17, 15) is 0 Å². The van der Waals surface area contributed by atoms with E-state index in [1.54, 1.807) is 11.3 Å². The van der Waals surface area contributed by atoms with Crippen LogP contribution in [0.5, 0.6) is 0 Å². The summed E-state index contributed by atoms with van der Waals surface area (Å²) in [4.78, 5) is 0. The van der Waals surface area contributed by atoms with Crippen LogP contribution >= 0.6 is 11.3 Å². The number of hydrogen-bond acceptors (Lipinski definition) is 4. The van der Waals surface area contributed by atoms with E-state index in [0.717, 1.165) is 29.4 Å². The van der Waals surface area contributed by atoms with Gasteiger partial charge in [0.25, 0.3) is 0 Å². The summed E-state index contributed by atoms with van der Waals surface area (Å²) in [6, 6.07) is 8.77. The van der Waals surface area contributed by atoms with Gasteiger partial charge in [-0.15, -0.1) is 10.2 Å². The Labute approximate surface area is 119 Å². The van der Waals surface area contributed by atoms with Crippen LogP contribution in [-0.2, 0) is 6.42 Å². The molecule has 0 spiro atoms. The summed E-state index contributed by atoms with van der Waals surface area (Å²) in [6.45, 7) is 7.43. The van der Waals surface area contributed by atoms with E-state index in [4.69, 9.17) is 0 Å². The van der Waals surface area contributed by atoms with Gasteiger partial charge in [-0.2, -0.15) is 0 Å². The van der Waals surface area contributed by atoms with Gasteiger partial charge in [0.2, 0.25) is 0 Å². The number of nitrogens with one attached hydrogen (secondary N) is 1. The lowest BCUT2D eigenvalue weighted by molar-refractivity contribution is 0.531. The smallest absolute Gasteiger partial charge is 0.148 e. The number of rotatable bonds is 6. The largest absolute Gasteiger partial charge is 0.308 e. The van der Waals surface area contributed by atoms with Gasteiger partial charge < -0.3 is 5.32 Å². The van der Waals surface area contributed by atoms with Gasteiger partial charge in [-0.3, -0.25) is 0 Å². The van der Waals surface area contributed by atoms with E-state index in [1.807, 2.05) is 0 Å². The summed E-state index contributed by atoms with van der Waals surface area (Å²) >= 11 is 1.70. The Morgan fingerprint density at radius 3 is 2.63 bits per heavy atom. The van der Waals surface area contributed by atoms with Crippen molar-refractivity contribution < 1.29 is 0 Å². The molecule has 0 bridgehead atoms. The summed E-state index contributed by atoms with van der Waals surface area (Å²) in [5.74, 6) is 0. The van der Waals surface area contributed by atoms with Crippen LogP contribution in [0.25, 0.3) is 10.6 Å². The first-order valence-corrected chi connectivity index (χ1v) is 7.76. The van der Waals surface area contributed by atoms with Crippen LogP contribution in [0.2, 0.25) is 0 Å². The molecule has 1 atom stereocenters. The van der Waals surface area contributed by atoms with E-state index in [1.165, 1.54) is 11.1 Å². The van der Waals surface area contributed by atoms with Crippen molar-refractivity contribution in [1.29, 1.82) is 0 Å². The Morgan fingerprint density at radius 2 is 1.95 bits per heavy atom. The molecule has 102 valence electrons. The summed E-state index contributed by atoms with van der Waals surface area (Å²) in [7, 11) is 0. The van der Waals surface area contributed by atoms with Gasteiger partial charge in [0, 0.05) is 5.56 Å². The molecular formula is C15H21N3S. The molecule has 1 unspecified atom stereocenters. The summed E-state index contributed by atoms with van der Waals surface area (Å²) in [5.41, 5.74) is 2.56. The van der Waals surface area contributed by atoms with Crippen LogP contribution in [0.15, 0.2) is 24.3 Å². The molecule has 4 heteroatoms. The maximum Gasteiger partial charge on any atom is 0.148 e. The van der Waals surface area contributed by atoms with Gasteiger partial charge in [-0.25, -0.2) is 0 Å². The molecule has 2 rings (SSSR count). The zero-order valence-corrected chi connectivity index (χ0v) is 12.6. The van der Waals surface area contributed by atoms with E-state index >= 15 is 0 Å². The topological polar surface area (TPSA) is 37.8 Å². The van der Waals surface area contributed by atoms with Crippen LogP contribution in [0.3, 0.4) is 0 Å². The Kier molecular flexibility index (Phi) is 5.05. The predicted octanol–water partition coefficient (Wildman–Crippen LogP) is 3.83. The minimum atomic E-state index is 0.324. The fourth-order valence-corrected chi connectivity index (χ4v) is 3.24. The van der Waals surface area contributed by atoms with Gasteiger partial charge >= 0.3 is 0 Å². The third-order valence-corrected chi connectivity index (χ3v) is 4.30. The highest BCUT2D eigenvalue weighted by molar-refractivity contribution is 7.14. The molecule has 19 heavy (non-hydrogen) atoms. The van der Waals surface area contributed by atoms with E-state index in [0.29, 0.717) is 6.04 Å². The van der Waals surface area contributed by atoms with Crippen molar-refractivity contribution in [2.45, 2.75) is 39.7 Å². The molecular weight excluding hydrogens is 254 g/mol. The molecule has 0 saturated heterocycles. The number of benzene rings is 1. The lowest BCUT2D eigenvalue weighted by atomic mass is 10.1. The van der Waals surface area contributed by atoms with E-state index in [2.05, 4.69) is 60.6 Å². The van der Waals surface area contributed by atoms with Gasteiger partial charge in [-0.05, 0) is 24.9 Å². The average molecular weight is 275 g/mol. The van der Waals surface area contributed by atoms with Crippen LogP contribution in [0.1, 0.15) is 43.8 Å². The number of aromatic nitrogens is 2. The van der Waals surface area contributed by atoms with Gasteiger partial charge in [-0.1, -0.05) is 56.4 Å². The number of nitrogens with zero attached hydrogens (tertiary/aromatic N) is 2. The molecule has 3 nitrogen and oxygen atoms in total. The summed E-state index contributed by atoms with van der Waals surface area (Å²) in [5, 5.41) is 14.3. The quantitative estimate of drug-likeness (QED) is 0.870. The highest BCUT2D eigenvalue weighted by Crippen LogP contribution is 2.30. The van der Waals surface area contributed by atoms with Gasteiger partial charge in [0.1, 0.15) is 10.0 Å². The van der Waals surface area contributed by atoms with Crippen molar-refractivity contribution in [2.75, 3.05) is 6.54 Å². The molecule has 1 aromatic carbocycles. The SMILES string of the molecule is CCNC(CC)c1nnc(-c2ccccc2CC)s1. The van der Waals surface area contributed by atoms with Crippen LogP contribution in [-0.4, -0.2) is 16.7 Å². The summed E-state index contributed by atoms with van der Waals surface area (Å²) in [6.07, 6.45) is 2.06. The molecule has 2 aromatic rings. The fraction of sp³-hybridized carbons (Fsp3) is 0.467. The second-order valence-corrected chi connectivity index (χ2v) is 5.48. The maximum atomic E-state index is 4.37. The van der Waals surface area contributed by atoms with Crippen LogP contribution in [0, 0.1) is 0 Å². The third-order valence-electron chi connectivity index (χ3n) is 3.23. The fourth-order valence-electron chi connectivity index (χ4n) is 2.17. The highest BCUT2D eigenvalue weighted by atomic mass is 32.1. The van der Waals surface area contributed by atoms with Crippen molar-refractivity contribution in [3.8, 4) is 10.6 Å². The monoisotopic (exact) mass is 275 g/mol. The first kappa shape index (κ1) is 14.2. The third kappa shape index (κ3) is 3.19. The second-order valence-electron chi connectivity index (χ2n) is 4.47. The van der Waals surface area contributed by atoms with Crippen molar-refractivity contribution in [3.63, 3.8) is 0 Å². The molecule has 1 aromatic heterocycles. The maximum absolute atomic E-state index is 4.37. The minimum Gasteiger partial charge on any atom is -0.308 e.